The Morgan fingerprint density at radius 2 is 1.60 bits per heavy atom. The van der Waals surface area contributed by atoms with E-state index in [0.29, 0.717) is 18.1 Å². The van der Waals surface area contributed by atoms with E-state index in [1.165, 1.54) is 25.7 Å². The van der Waals surface area contributed by atoms with Crippen LogP contribution >= 0.6 is 0 Å². The Bertz CT molecular complexity index is 228. The predicted molar refractivity (Wildman–Crippen MR) is 60.8 cm³/mol. The van der Waals surface area contributed by atoms with Crippen molar-refractivity contribution in [3.63, 3.8) is 0 Å². The molecule has 2 aliphatic rings. The Hall–Kier alpha value is -0.730. The first-order chi connectivity index (χ1) is 7.18. The molecule has 0 bridgehead atoms. The normalized spacial score (nSPS) is 32.3. The Kier molecular flexibility index (Phi) is 3.17. The van der Waals surface area contributed by atoms with Crippen LogP contribution in [-0.2, 0) is 0 Å². The molecule has 3 heteroatoms. The fourth-order valence-electron chi connectivity index (χ4n) is 2.62. The molecule has 1 aliphatic heterocycles. The number of hydrogen-bond donors (Lipinski definition) is 1. The number of nitrogens with one attached hydrogen (secondary N) is 1. The molecule has 0 radical (unpaired) electrons. The van der Waals surface area contributed by atoms with Gasteiger partial charge in [0.05, 0.1) is 0 Å². The van der Waals surface area contributed by atoms with E-state index in [-0.39, 0.29) is 6.03 Å². The van der Waals surface area contributed by atoms with Crippen LogP contribution < -0.4 is 5.32 Å². The first-order valence-electron chi connectivity index (χ1n) is 6.27. The Morgan fingerprint density at radius 3 is 2.07 bits per heavy atom. The molecule has 2 atom stereocenters. The van der Waals surface area contributed by atoms with Crippen molar-refractivity contribution in [3.8, 4) is 0 Å². The van der Waals surface area contributed by atoms with Crippen molar-refractivity contribution < 1.29 is 4.79 Å². The molecule has 1 aliphatic carbocycles. The number of hydrogen-bond acceptors (Lipinski definition) is 1. The van der Waals surface area contributed by atoms with Gasteiger partial charge < -0.3 is 10.2 Å². The largest absolute Gasteiger partial charge is 0.335 e. The second kappa shape index (κ2) is 4.42. The maximum absolute atomic E-state index is 12.0. The molecule has 1 heterocycles. The number of carbonyl (C=O) groups is 1. The van der Waals surface area contributed by atoms with E-state index in [0.717, 1.165) is 12.8 Å². The summed E-state index contributed by atoms with van der Waals surface area (Å²) in [6, 6.07) is 1.45. The number of rotatable bonds is 1. The van der Waals surface area contributed by atoms with Gasteiger partial charge in [-0.05, 0) is 52.4 Å². The van der Waals surface area contributed by atoms with Gasteiger partial charge in [0.2, 0.25) is 0 Å². The standard InChI is InChI=1S/C12H22N2O/c1-9-5-3-6-10(2)14(9)12(15)13-11-7-4-8-11/h9-11H,3-8H2,1-2H3,(H,13,15)/t9-,10+. The Morgan fingerprint density at radius 1 is 1.07 bits per heavy atom. The van der Waals surface area contributed by atoms with E-state index in [2.05, 4.69) is 19.2 Å². The van der Waals surface area contributed by atoms with Crippen molar-refractivity contribution in [1.82, 2.24) is 10.2 Å². The second-order valence-corrected chi connectivity index (χ2v) is 5.11. The number of piperidine rings is 1. The number of amides is 2. The van der Waals surface area contributed by atoms with E-state index in [1.807, 2.05) is 4.90 Å². The van der Waals surface area contributed by atoms with Crippen molar-refractivity contribution >= 4 is 6.03 Å². The van der Waals surface area contributed by atoms with E-state index >= 15 is 0 Å². The highest BCUT2D eigenvalue weighted by molar-refractivity contribution is 5.75. The SMILES string of the molecule is C[C@@H]1CCC[C@H](C)N1C(=O)NC1CCC1. The minimum atomic E-state index is 0.166. The maximum Gasteiger partial charge on any atom is 0.318 e. The number of nitrogens with zero attached hydrogens (tertiary/aromatic N) is 1. The van der Waals surface area contributed by atoms with Gasteiger partial charge in [0.15, 0.2) is 0 Å². The highest BCUT2D eigenvalue weighted by Gasteiger charge is 2.30. The lowest BCUT2D eigenvalue weighted by Crippen LogP contribution is -2.54. The van der Waals surface area contributed by atoms with Crippen LogP contribution in [0.2, 0.25) is 0 Å². The number of carbonyl (C=O) groups excluding carboxylic acids is 1. The molecule has 0 unspecified atom stereocenters. The van der Waals surface area contributed by atoms with E-state index < -0.39 is 0 Å². The third-order valence-corrected chi connectivity index (χ3v) is 3.86. The zero-order valence-electron chi connectivity index (χ0n) is 9.83. The van der Waals surface area contributed by atoms with Gasteiger partial charge in [-0.3, -0.25) is 0 Å². The minimum absolute atomic E-state index is 0.166. The van der Waals surface area contributed by atoms with Crippen molar-refractivity contribution in [1.29, 1.82) is 0 Å². The van der Waals surface area contributed by atoms with Gasteiger partial charge in [-0.25, -0.2) is 4.79 Å². The van der Waals surface area contributed by atoms with Crippen molar-refractivity contribution in [2.24, 2.45) is 0 Å². The van der Waals surface area contributed by atoms with Gasteiger partial charge in [-0.2, -0.15) is 0 Å². The second-order valence-electron chi connectivity index (χ2n) is 5.11. The summed E-state index contributed by atoms with van der Waals surface area (Å²) >= 11 is 0. The molecule has 2 rings (SSSR count). The maximum atomic E-state index is 12.0. The fourth-order valence-corrected chi connectivity index (χ4v) is 2.62. The summed E-state index contributed by atoms with van der Waals surface area (Å²) in [6.07, 6.45) is 7.18. The summed E-state index contributed by atoms with van der Waals surface area (Å²) in [7, 11) is 0. The molecule has 1 N–H and O–H groups in total. The molecule has 15 heavy (non-hydrogen) atoms. The van der Waals surface area contributed by atoms with Gasteiger partial charge in [0.1, 0.15) is 0 Å². The van der Waals surface area contributed by atoms with Crippen LogP contribution in [0.15, 0.2) is 0 Å². The van der Waals surface area contributed by atoms with Gasteiger partial charge in [0, 0.05) is 18.1 Å². The van der Waals surface area contributed by atoms with E-state index in [1.54, 1.807) is 0 Å². The summed E-state index contributed by atoms with van der Waals surface area (Å²) in [5, 5.41) is 3.13. The smallest absolute Gasteiger partial charge is 0.318 e. The van der Waals surface area contributed by atoms with Crippen molar-refractivity contribution in [2.75, 3.05) is 0 Å². The molecule has 3 nitrogen and oxygen atoms in total. The number of urea groups is 1. The molecule has 2 amide bonds. The van der Waals surface area contributed by atoms with Crippen LogP contribution in [0.1, 0.15) is 52.4 Å². The topological polar surface area (TPSA) is 32.3 Å². The molecule has 0 aromatic rings. The lowest BCUT2D eigenvalue weighted by Gasteiger charge is -2.40. The van der Waals surface area contributed by atoms with Gasteiger partial charge in [-0.15, -0.1) is 0 Å². The molecular weight excluding hydrogens is 188 g/mol. The zero-order valence-corrected chi connectivity index (χ0v) is 9.83. The molecular formula is C12H22N2O. The molecule has 0 aromatic carbocycles. The zero-order chi connectivity index (χ0) is 10.8. The van der Waals surface area contributed by atoms with Crippen LogP contribution in [0.3, 0.4) is 0 Å². The third kappa shape index (κ3) is 2.27. The Labute approximate surface area is 92.2 Å². The number of likely N-dealkylation sites (tertiary alicyclic amines) is 1. The average molecular weight is 210 g/mol. The highest BCUT2D eigenvalue weighted by atomic mass is 16.2. The summed E-state index contributed by atoms with van der Waals surface area (Å²) in [4.78, 5) is 14.1. The Balaban J connectivity index is 1.90. The van der Waals surface area contributed by atoms with Gasteiger partial charge in [0.25, 0.3) is 0 Å². The van der Waals surface area contributed by atoms with Crippen LogP contribution in [0, 0.1) is 0 Å². The van der Waals surface area contributed by atoms with Crippen LogP contribution in [-0.4, -0.2) is 29.1 Å². The van der Waals surface area contributed by atoms with Crippen LogP contribution in [0.5, 0.6) is 0 Å². The summed E-state index contributed by atoms with van der Waals surface area (Å²) in [5.74, 6) is 0. The molecule has 1 saturated carbocycles. The summed E-state index contributed by atoms with van der Waals surface area (Å²) in [5.41, 5.74) is 0. The highest BCUT2D eigenvalue weighted by Crippen LogP contribution is 2.24. The summed E-state index contributed by atoms with van der Waals surface area (Å²) in [6.45, 7) is 4.33. The predicted octanol–water partition coefficient (Wildman–Crippen LogP) is 2.51. The van der Waals surface area contributed by atoms with Gasteiger partial charge >= 0.3 is 6.03 Å². The lowest BCUT2D eigenvalue weighted by atomic mass is 9.93. The van der Waals surface area contributed by atoms with Crippen molar-refractivity contribution in [3.05, 3.63) is 0 Å². The lowest BCUT2D eigenvalue weighted by molar-refractivity contribution is 0.117. The molecule has 0 aromatic heterocycles. The fraction of sp³-hybridized carbons (Fsp3) is 0.917. The van der Waals surface area contributed by atoms with E-state index in [9.17, 15) is 4.79 Å². The van der Waals surface area contributed by atoms with Crippen LogP contribution in [0.4, 0.5) is 4.79 Å². The van der Waals surface area contributed by atoms with Crippen molar-refractivity contribution in [2.45, 2.75) is 70.5 Å². The third-order valence-electron chi connectivity index (χ3n) is 3.86. The van der Waals surface area contributed by atoms with Crippen LogP contribution in [0.25, 0.3) is 0 Å². The molecule has 86 valence electrons. The molecule has 0 spiro atoms. The molecule has 2 fully saturated rings. The molecule has 1 saturated heterocycles. The van der Waals surface area contributed by atoms with Gasteiger partial charge in [-0.1, -0.05) is 0 Å². The first-order valence-corrected chi connectivity index (χ1v) is 6.27. The quantitative estimate of drug-likeness (QED) is 0.708. The monoisotopic (exact) mass is 210 g/mol. The van der Waals surface area contributed by atoms with E-state index in [4.69, 9.17) is 0 Å². The average Bonchev–Trinajstić information content (AvgIpc) is 2.11. The summed E-state index contributed by atoms with van der Waals surface area (Å²) < 4.78 is 0. The first kappa shape index (κ1) is 10.8. The minimum Gasteiger partial charge on any atom is -0.335 e.